The van der Waals surface area contributed by atoms with E-state index in [0.29, 0.717) is 28.5 Å². The van der Waals surface area contributed by atoms with E-state index in [2.05, 4.69) is 10.3 Å². The van der Waals surface area contributed by atoms with E-state index >= 15 is 0 Å². The van der Waals surface area contributed by atoms with Crippen molar-refractivity contribution in [3.63, 3.8) is 0 Å². The largest absolute Gasteiger partial charge is 0.497 e. The summed E-state index contributed by atoms with van der Waals surface area (Å²) in [5.41, 5.74) is 2.07. The molecule has 144 valence electrons. The zero-order valence-corrected chi connectivity index (χ0v) is 16.1. The second kappa shape index (κ2) is 9.01. The molecule has 0 aliphatic carbocycles. The van der Waals surface area contributed by atoms with Gasteiger partial charge in [0, 0.05) is 16.5 Å². The zero-order valence-electron chi connectivity index (χ0n) is 15.3. The van der Waals surface area contributed by atoms with Crippen molar-refractivity contribution in [1.82, 2.24) is 4.98 Å². The first-order valence-electron chi connectivity index (χ1n) is 8.30. The fourth-order valence-corrected chi connectivity index (χ4v) is 3.16. The van der Waals surface area contributed by atoms with Crippen molar-refractivity contribution in [3.8, 4) is 28.5 Å². The molecule has 1 aromatic heterocycles. The number of anilines is 1. The molecule has 3 rings (SSSR count). The van der Waals surface area contributed by atoms with E-state index in [9.17, 15) is 9.59 Å². The molecule has 1 heterocycles. The minimum absolute atomic E-state index is 0.0881. The maximum absolute atomic E-state index is 12.5. The number of ether oxygens (including phenoxy) is 3. The number of carbonyl (C=O) groups excluding carboxylic acids is 2. The molecular formula is C20H18N2O5S. The van der Waals surface area contributed by atoms with Gasteiger partial charge < -0.3 is 14.2 Å². The average Bonchev–Trinajstić information content (AvgIpc) is 3.20. The van der Waals surface area contributed by atoms with Gasteiger partial charge in [-0.15, -0.1) is 11.3 Å². The van der Waals surface area contributed by atoms with Gasteiger partial charge in [0.05, 0.1) is 19.9 Å². The van der Waals surface area contributed by atoms with Crippen LogP contribution in [0.15, 0.2) is 47.8 Å². The minimum Gasteiger partial charge on any atom is -0.497 e. The van der Waals surface area contributed by atoms with E-state index in [1.165, 1.54) is 18.4 Å². The molecule has 0 spiro atoms. The lowest BCUT2D eigenvalue weighted by Gasteiger charge is -2.10. The predicted molar refractivity (Wildman–Crippen MR) is 107 cm³/mol. The Balaban J connectivity index is 1.72. The van der Waals surface area contributed by atoms with Gasteiger partial charge >= 0.3 is 0 Å². The molecule has 7 nitrogen and oxygen atoms in total. The van der Waals surface area contributed by atoms with Gasteiger partial charge in [-0.2, -0.15) is 0 Å². The van der Waals surface area contributed by atoms with Gasteiger partial charge in [-0.3, -0.25) is 14.9 Å². The van der Waals surface area contributed by atoms with Crippen molar-refractivity contribution >= 4 is 28.7 Å². The van der Waals surface area contributed by atoms with Crippen LogP contribution in [-0.4, -0.2) is 38.0 Å². The Morgan fingerprint density at radius 3 is 2.57 bits per heavy atom. The molecule has 0 unspecified atom stereocenters. The van der Waals surface area contributed by atoms with E-state index in [1.807, 2.05) is 29.6 Å². The van der Waals surface area contributed by atoms with Crippen LogP contribution in [0, 0.1) is 0 Å². The zero-order chi connectivity index (χ0) is 19.9. The van der Waals surface area contributed by atoms with Crippen LogP contribution in [0.5, 0.6) is 17.2 Å². The van der Waals surface area contributed by atoms with E-state index in [1.54, 1.807) is 25.3 Å². The second-order valence-electron chi connectivity index (χ2n) is 5.56. The van der Waals surface area contributed by atoms with Gasteiger partial charge in [-0.05, 0) is 42.5 Å². The van der Waals surface area contributed by atoms with Crippen molar-refractivity contribution in [2.45, 2.75) is 0 Å². The van der Waals surface area contributed by atoms with E-state index < -0.39 is 0 Å². The third kappa shape index (κ3) is 4.47. The van der Waals surface area contributed by atoms with Crippen molar-refractivity contribution < 1.29 is 23.8 Å². The lowest BCUT2D eigenvalue weighted by Crippen LogP contribution is -2.12. The minimum atomic E-state index is -0.323. The molecule has 8 heteroatoms. The summed E-state index contributed by atoms with van der Waals surface area (Å²) in [6, 6.07) is 12.2. The van der Waals surface area contributed by atoms with E-state index in [4.69, 9.17) is 14.2 Å². The fraction of sp³-hybridized carbons (Fsp3) is 0.150. The number of hydrogen-bond acceptors (Lipinski definition) is 7. The molecule has 0 fully saturated rings. The number of methoxy groups -OCH3 is 2. The van der Waals surface area contributed by atoms with E-state index in [0.717, 1.165) is 17.0 Å². The van der Waals surface area contributed by atoms with Crippen LogP contribution in [0.2, 0.25) is 0 Å². The molecule has 0 saturated carbocycles. The number of thiazole rings is 1. The summed E-state index contributed by atoms with van der Waals surface area (Å²) in [5, 5.41) is 5.13. The Kier molecular flexibility index (Phi) is 6.23. The molecule has 0 radical (unpaired) electrons. The van der Waals surface area contributed by atoms with Gasteiger partial charge in [-0.1, -0.05) is 0 Å². The smallest absolute Gasteiger partial charge is 0.257 e. The highest BCUT2D eigenvalue weighted by Crippen LogP contribution is 2.29. The molecule has 0 bridgehead atoms. The highest BCUT2D eigenvalue weighted by atomic mass is 32.1. The highest BCUT2D eigenvalue weighted by Gasteiger charge is 2.13. The van der Waals surface area contributed by atoms with Gasteiger partial charge in [0.25, 0.3) is 5.91 Å². The summed E-state index contributed by atoms with van der Waals surface area (Å²) in [6.07, 6.45) is 0.642. The Morgan fingerprint density at radius 2 is 1.89 bits per heavy atom. The summed E-state index contributed by atoms with van der Waals surface area (Å²) >= 11 is 1.33. The summed E-state index contributed by atoms with van der Waals surface area (Å²) in [4.78, 5) is 27.4. The molecule has 28 heavy (non-hydrogen) atoms. The second-order valence-corrected chi connectivity index (χ2v) is 6.42. The van der Waals surface area contributed by atoms with Gasteiger partial charge in [0.15, 0.2) is 22.9 Å². The lowest BCUT2D eigenvalue weighted by atomic mass is 10.2. The van der Waals surface area contributed by atoms with Crippen LogP contribution in [0.3, 0.4) is 0 Å². The Labute approximate surface area is 165 Å². The molecule has 2 aromatic carbocycles. The number of aldehydes is 1. The molecule has 1 amide bonds. The molecule has 0 saturated heterocycles. The summed E-state index contributed by atoms with van der Waals surface area (Å²) in [6.45, 7) is -0.0881. The van der Waals surface area contributed by atoms with Crippen LogP contribution in [-0.2, 0) is 4.79 Å². The molecule has 0 aliphatic rings. The number of aromatic nitrogens is 1. The van der Waals surface area contributed by atoms with Crippen molar-refractivity contribution in [1.29, 1.82) is 0 Å². The van der Waals surface area contributed by atoms with Crippen molar-refractivity contribution in [3.05, 3.63) is 53.4 Å². The number of benzene rings is 2. The van der Waals surface area contributed by atoms with Crippen LogP contribution >= 0.6 is 11.3 Å². The topological polar surface area (TPSA) is 86.8 Å². The van der Waals surface area contributed by atoms with Crippen LogP contribution in [0.4, 0.5) is 5.13 Å². The van der Waals surface area contributed by atoms with E-state index in [-0.39, 0.29) is 12.5 Å². The van der Waals surface area contributed by atoms with Crippen molar-refractivity contribution in [2.75, 3.05) is 26.1 Å². The molecule has 1 N–H and O–H groups in total. The summed E-state index contributed by atoms with van der Waals surface area (Å²) in [5.74, 6) is 1.20. The number of nitrogens with one attached hydrogen (secondary N) is 1. The first kappa shape index (κ1) is 19.4. The van der Waals surface area contributed by atoms with Crippen LogP contribution < -0.4 is 19.5 Å². The Morgan fingerprint density at radius 1 is 1.11 bits per heavy atom. The SMILES string of the molecule is COc1ccc(-c2csc(NC(=O)c3ccc(OCC=O)c(OC)c3)n2)cc1. The fourth-order valence-electron chi connectivity index (χ4n) is 2.45. The maximum Gasteiger partial charge on any atom is 0.257 e. The monoisotopic (exact) mass is 398 g/mol. The number of amides is 1. The third-order valence-corrected chi connectivity index (χ3v) is 4.60. The lowest BCUT2D eigenvalue weighted by molar-refractivity contribution is -0.109. The Bertz CT molecular complexity index is 969. The molecule has 3 aromatic rings. The quantitative estimate of drug-likeness (QED) is 0.583. The summed E-state index contributed by atoms with van der Waals surface area (Å²) in [7, 11) is 3.08. The van der Waals surface area contributed by atoms with Crippen molar-refractivity contribution in [2.24, 2.45) is 0 Å². The molecular weight excluding hydrogens is 380 g/mol. The van der Waals surface area contributed by atoms with Gasteiger partial charge in [0.1, 0.15) is 12.4 Å². The van der Waals surface area contributed by atoms with Crippen LogP contribution in [0.1, 0.15) is 10.4 Å². The van der Waals surface area contributed by atoms with Crippen LogP contribution in [0.25, 0.3) is 11.3 Å². The molecule has 0 aliphatic heterocycles. The average molecular weight is 398 g/mol. The number of nitrogens with zero attached hydrogens (tertiary/aromatic N) is 1. The number of carbonyl (C=O) groups is 2. The standard InChI is InChI=1S/C20H18N2O5S/c1-25-15-6-3-13(4-7-15)16-12-28-20(21-16)22-19(24)14-5-8-17(27-10-9-23)18(11-14)26-2/h3-9,11-12H,10H2,1-2H3,(H,21,22,24). The maximum atomic E-state index is 12.5. The summed E-state index contributed by atoms with van der Waals surface area (Å²) < 4.78 is 15.6. The highest BCUT2D eigenvalue weighted by molar-refractivity contribution is 7.14. The Hall–Kier alpha value is -3.39. The van der Waals surface area contributed by atoms with Gasteiger partial charge in [0.2, 0.25) is 0 Å². The third-order valence-electron chi connectivity index (χ3n) is 3.84. The first-order chi connectivity index (χ1) is 13.6. The normalized spacial score (nSPS) is 10.2. The number of rotatable bonds is 8. The predicted octanol–water partition coefficient (Wildman–Crippen LogP) is 3.66. The molecule has 0 atom stereocenters. The first-order valence-corrected chi connectivity index (χ1v) is 9.18. The van der Waals surface area contributed by atoms with Gasteiger partial charge in [-0.25, -0.2) is 4.98 Å². The number of hydrogen-bond donors (Lipinski definition) is 1.